The summed E-state index contributed by atoms with van der Waals surface area (Å²) in [4.78, 5) is 39.1. The topological polar surface area (TPSA) is 99.7 Å². The molecule has 0 radical (unpaired) electrons. The minimum absolute atomic E-state index is 0.0285. The zero-order chi connectivity index (χ0) is 15.4. The molecule has 2 N–H and O–H groups in total. The number of hydrogen-bond acceptors (Lipinski definition) is 6. The number of thiazole rings is 1. The van der Waals surface area contributed by atoms with Crippen LogP contribution in [-0.4, -0.2) is 47.1 Å². The van der Waals surface area contributed by atoms with Gasteiger partial charge >= 0.3 is 16.8 Å². The number of nitrogens with zero attached hydrogens (tertiary/aromatic N) is 1. The van der Waals surface area contributed by atoms with Gasteiger partial charge in [0.25, 0.3) is 0 Å². The van der Waals surface area contributed by atoms with E-state index in [0.29, 0.717) is 25.2 Å². The lowest BCUT2D eigenvalue weighted by molar-refractivity contribution is -0.143. The van der Waals surface area contributed by atoms with Gasteiger partial charge in [0, 0.05) is 23.7 Å². The molecule has 0 bridgehead atoms. The lowest BCUT2D eigenvalue weighted by Crippen LogP contribution is -2.38. The fourth-order valence-corrected chi connectivity index (χ4v) is 3.37. The van der Waals surface area contributed by atoms with Crippen LogP contribution in [0.25, 0.3) is 0 Å². The number of carboxylic acid groups (broad SMARTS) is 1. The Morgan fingerprint density at radius 1 is 1.52 bits per heavy atom. The monoisotopic (exact) mass is 314 g/mol. The number of esters is 1. The van der Waals surface area contributed by atoms with E-state index in [1.807, 2.05) is 4.90 Å². The second-order valence-electron chi connectivity index (χ2n) is 5.08. The smallest absolute Gasteiger partial charge is 0.311 e. The highest BCUT2D eigenvalue weighted by molar-refractivity contribution is 7.09. The van der Waals surface area contributed by atoms with E-state index in [1.54, 1.807) is 0 Å². The molecule has 1 aromatic rings. The van der Waals surface area contributed by atoms with Crippen molar-refractivity contribution in [3.05, 3.63) is 20.2 Å². The molecule has 21 heavy (non-hydrogen) atoms. The number of aromatic nitrogens is 1. The van der Waals surface area contributed by atoms with Crippen LogP contribution in [0, 0.1) is 5.92 Å². The van der Waals surface area contributed by atoms with Crippen LogP contribution in [0.15, 0.2) is 4.79 Å². The highest BCUT2D eigenvalue weighted by Crippen LogP contribution is 2.21. The normalized spacial score (nSPS) is 19.4. The number of H-pyrrole nitrogens is 1. The minimum atomic E-state index is -0.781. The molecule has 8 heteroatoms. The first kappa shape index (κ1) is 15.7. The van der Waals surface area contributed by atoms with Crippen LogP contribution in [0.2, 0.25) is 0 Å². The Balaban J connectivity index is 2.06. The highest BCUT2D eigenvalue weighted by atomic mass is 32.1. The van der Waals surface area contributed by atoms with Gasteiger partial charge in [-0.05, 0) is 19.4 Å². The van der Waals surface area contributed by atoms with Crippen LogP contribution < -0.4 is 4.87 Å². The summed E-state index contributed by atoms with van der Waals surface area (Å²) in [6.07, 6.45) is 1.54. The predicted octanol–water partition coefficient (Wildman–Crippen LogP) is 0.448. The summed E-state index contributed by atoms with van der Waals surface area (Å²) in [7, 11) is 1.30. The number of rotatable bonds is 5. The quantitative estimate of drug-likeness (QED) is 0.765. The minimum Gasteiger partial charge on any atom is -0.481 e. The van der Waals surface area contributed by atoms with Crippen molar-refractivity contribution in [1.82, 2.24) is 9.88 Å². The van der Waals surface area contributed by atoms with E-state index in [9.17, 15) is 14.4 Å². The average Bonchev–Trinajstić information content (AvgIpc) is 2.78. The van der Waals surface area contributed by atoms with E-state index in [4.69, 9.17) is 5.11 Å². The van der Waals surface area contributed by atoms with Crippen molar-refractivity contribution < 1.29 is 19.4 Å². The second-order valence-corrected chi connectivity index (χ2v) is 6.15. The third-order valence-electron chi connectivity index (χ3n) is 3.58. The number of nitrogens with one attached hydrogen (secondary N) is 1. The number of likely N-dealkylation sites (tertiary alicyclic amines) is 1. The first-order valence-corrected chi connectivity index (χ1v) is 7.54. The van der Waals surface area contributed by atoms with Gasteiger partial charge in [-0.25, -0.2) is 0 Å². The number of carbonyl (C=O) groups is 2. The van der Waals surface area contributed by atoms with Crippen molar-refractivity contribution in [2.24, 2.45) is 5.92 Å². The van der Waals surface area contributed by atoms with Crippen LogP contribution in [0.1, 0.15) is 23.4 Å². The first-order chi connectivity index (χ1) is 9.99. The molecule has 1 aliphatic heterocycles. The predicted molar refractivity (Wildman–Crippen MR) is 76.3 cm³/mol. The maximum Gasteiger partial charge on any atom is 0.311 e. The average molecular weight is 314 g/mol. The van der Waals surface area contributed by atoms with Crippen molar-refractivity contribution in [3.8, 4) is 0 Å². The van der Waals surface area contributed by atoms with Crippen LogP contribution in [0.4, 0.5) is 0 Å². The van der Waals surface area contributed by atoms with Crippen LogP contribution in [0.3, 0.4) is 0 Å². The molecule has 7 nitrogen and oxygen atoms in total. The second kappa shape index (κ2) is 6.86. The number of carbonyl (C=O) groups excluding carboxylic acids is 1. The number of methoxy groups -OCH3 is 1. The Hall–Kier alpha value is -1.67. The maximum absolute atomic E-state index is 11.5. The lowest BCUT2D eigenvalue weighted by atomic mass is 9.98. The molecule has 1 fully saturated rings. The van der Waals surface area contributed by atoms with Gasteiger partial charge in [0.15, 0.2) is 0 Å². The summed E-state index contributed by atoms with van der Waals surface area (Å²) in [6, 6.07) is 0. The SMILES string of the molecule is COC(=O)Cc1[nH]c(=O)sc1CN1CCCC(C(=O)O)C1. The standard InChI is InChI=1S/C13H18N2O5S/c1-20-11(16)5-9-10(21-13(19)14-9)7-15-4-2-3-8(6-15)12(17)18/h8H,2-7H2,1H3,(H,14,19)(H,17,18). The van der Waals surface area contributed by atoms with Crippen LogP contribution >= 0.6 is 11.3 Å². The molecule has 2 rings (SSSR count). The van der Waals surface area contributed by atoms with E-state index in [0.717, 1.165) is 29.2 Å². The van der Waals surface area contributed by atoms with Crippen molar-refractivity contribution in [3.63, 3.8) is 0 Å². The molecule has 1 saturated heterocycles. The Bertz CT molecular complexity index is 579. The largest absolute Gasteiger partial charge is 0.481 e. The molecule has 1 atom stereocenters. The Morgan fingerprint density at radius 3 is 2.95 bits per heavy atom. The molecule has 0 aliphatic carbocycles. The van der Waals surface area contributed by atoms with Gasteiger partial charge in [-0.3, -0.25) is 19.3 Å². The Labute approximate surface area is 125 Å². The summed E-state index contributed by atoms with van der Waals surface area (Å²) in [5.41, 5.74) is 0.564. The van der Waals surface area contributed by atoms with Gasteiger partial charge < -0.3 is 14.8 Å². The van der Waals surface area contributed by atoms with Crippen LogP contribution in [0.5, 0.6) is 0 Å². The summed E-state index contributed by atoms with van der Waals surface area (Å²) < 4.78 is 4.61. The summed E-state index contributed by atoms with van der Waals surface area (Å²) in [6.45, 7) is 1.76. The molecule has 116 valence electrons. The van der Waals surface area contributed by atoms with E-state index < -0.39 is 11.9 Å². The van der Waals surface area contributed by atoms with E-state index >= 15 is 0 Å². The van der Waals surface area contributed by atoms with Gasteiger partial charge in [0.1, 0.15) is 0 Å². The zero-order valence-electron chi connectivity index (χ0n) is 11.8. The van der Waals surface area contributed by atoms with E-state index in [1.165, 1.54) is 7.11 Å². The number of aliphatic carboxylic acids is 1. The fourth-order valence-electron chi connectivity index (χ4n) is 2.48. The van der Waals surface area contributed by atoms with Crippen molar-refractivity contribution in [1.29, 1.82) is 0 Å². The molecular weight excluding hydrogens is 296 g/mol. The zero-order valence-corrected chi connectivity index (χ0v) is 12.6. The third-order valence-corrected chi connectivity index (χ3v) is 4.49. The van der Waals surface area contributed by atoms with Crippen molar-refractivity contribution in [2.45, 2.75) is 25.8 Å². The van der Waals surface area contributed by atoms with Gasteiger partial charge in [0.2, 0.25) is 0 Å². The number of carboxylic acids is 1. The molecule has 2 heterocycles. The molecule has 1 aromatic heterocycles. The van der Waals surface area contributed by atoms with Crippen molar-refractivity contribution in [2.75, 3.05) is 20.2 Å². The molecule has 0 spiro atoms. The van der Waals surface area contributed by atoms with Gasteiger partial charge in [-0.15, -0.1) is 0 Å². The lowest BCUT2D eigenvalue weighted by Gasteiger charge is -2.30. The number of piperidine rings is 1. The van der Waals surface area contributed by atoms with E-state index in [-0.39, 0.29) is 17.2 Å². The molecule has 1 unspecified atom stereocenters. The van der Waals surface area contributed by atoms with Gasteiger partial charge in [-0.2, -0.15) is 0 Å². The third kappa shape index (κ3) is 4.15. The Morgan fingerprint density at radius 2 is 2.29 bits per heavy atom. The number of aromatic amines is 1. The molecule has 0 saturated carbocycles. The number of ether oxygens (including phenoxy) is 1. The summed E-state index contributed by atoms with van der Waals surface area (Å²) in [5.74, 6) is -1.55. The van der Waals surface area contributed by atoms with Crippen LogP contribution in [-0.2, 0) is 27.3 Å². The van der Waals surface area contributed by atoms with Crippen molar-refractivity contribution >= 4 is 23.3 Å². The maximum atomic E-state index is 11.5. The summed E-state index contributed by atoms with van der Waals surface area (Å²) in [5, 5.41) is 9.09. The first-order valence-electron chi connectivity index (χ1n) is 6.72. The van der Waals surface area contributed by atoms with Gasteiger partial charge in [0.05, 0.1) is 19.4 Å². The number of hydrogen-bond donors (Lipinski definition) is 2. The molecular formula is C13H18N2O5S. The Kier molecular flexibility index (Phi) is 5.13. The fraction of sp³-hybridized carbons (Fsp3) is 0.615. The molecule has 0 amide bonds. The molecule has 1 aliphatic rings. The van der Waals surface area contributed by atoms with Gasteiger partial charge in [-0.1, -0.05) is 11.3 Å². The summed E-state index contributed by atoms with van der Waals surface area (Å²) >= 11 is 1.06. The highest BCUT2D eigenvalue weighted by Gasteiger charge is 2.26. The molecule has 0 aromatic carbocycles. The van der Waals surface area contributed by atoms with E-state index in [2.05, 4.69) is 9.72 Å².